The quantitative estimate of drug-likeness (QED) is 0.114. The van der Waals surface area contributed by atoms with E-state index in [1.165, 1.54) is 43.5 Å². The summed E-state index contributed by atoms with van der Waals surface area (Å²) in [5.41, 5.74) is 0.315. The second-order valence-electron chi connectivity index (χ2n) is 12.5. The van der Waals surface area contributed by atoms with Gasteiger partial charge >= 0.3 is 17.9 Å². The second kappa shape index (κ2) is 18.3. The molecule has 55 heavy (non-hydrogen) atoms. The number of aliphatic hydroxyl groups is 4. The van der Waals surface area contributed by atoms with Gasteiger partial charge in [0, 0.05) is 0 Å². The number of aliphatic hydroxyl groups excluding tert-OH is 4. The molecule has 290 valence electrons. The predicted octanol–water partition coefficient (Wildman–Crippen LogP) is 2.29. The largest absolute Gasteiger partial charge is 0.497 e. The van der Waals surface area contributed by atoms with Crippen LogP contribution in [-0.2, 0) is 28.4 Å². The van der Waals surface area contributed by atoms with Crippen LogP contribution < -0.4 is 9.47 Å². The molecule has 15 nitrogen and oxygen atoms in total. The van der Waals surface area contributed by atoms with Gasteiger partial charge < -0.3 is 58.3 Å². The Balaban J connectivity index is 1.38. The fourth-order valence-electron chi connectivity index (χ4n) is 6.07. The van der Waals surface area contributed by atoms with Gasteiger partial charge in [0.15, 0.2) is 24.6 Å². The van der Waals surface area contributed by atoms with Crippen molar-refractivity contribution in [3.63, 3.8) is 0 Å². The van der Waals surface area contributed by atoms with E-state index in [-0.39, 0.29) is 22.4 Å². The third kappa shape index (κ3) is 9.29. The molecule has 4 aromatic rings. The molecule has 2 saturated heterocycles. The summed E-state index contributed by atoms with van der Waals surface area (Å²) < 4.78 is 47.0. The summed E-state index contributed by atoms with van der Waals surface area (Å²) >= 11 is 0. The summed E-state index contributed by atoms with van der Waals surface area (Å²) in [6.07, 6.45) is -16.5. The first-order chi connectivity index (χ1) is 26.7. The van der Waals surface area contributed by atoms with Crippen molar-refractivity contribution in [2.24, 2.45) is 0 Å². The zero-order valence-corrected chi connectivity index (χ0v) is 29.4. The van der Waals surface area contributed by atoms with Gasteiger partial charge in [0.2, 0.25) is 6.29 Å². The van der Waals surface area contributed by atoms with Gasteiger partial charge in [-0.3, -0.25) is 0 Å². The van der Waals surface area contributed by atoms with Crippen molar-refractivity contribution in [2.75, 3.05) is 20.3 Å². The van der Waals surface area contributed by atoms with Crippen molar-refractivity contribution in [1.29, 1.82) is 0 Å². The van der Waals surface area contributed by atoms with E-state index in [2.05, 4.69) is 0 Å². The summed E-state index contributed by atoms with van der Waals surface area (Å²) in [5, 5.41) is 43.6. The van der Waals surface area contributed by atoms with Crippen LogP contribution in [0.2, 0.25) is 0 Å². The fourth-order valence-corrected chi connectivity index (χ4v) is 6.07. The number of ether oxygens (including phenoxy) is 8. The smallest absolute Gasteiger partial charge is 0.338 e. The standard InChI is InChI=1S/C40H40O15/c1-48-26-17-19-27(20-18-26)49-39-35(54-38(47)25-15-9-4-10-16-25)33(31(44)29(22-42)50-39)55-40-34(53-37(46)24-13-7-3-8-14-24)32(30(43)28(21-41)51-40)52-36(45)23-11-5-2-6-12-23/h2-20,28-35,39-44H,21-22H2,1H3/t28-,29-,30+,31+,32+,33+,34-,35-,39-,40+/m1/s1. The van der Waals surface area contributed by atoms with Crippen molar-refractivity contribution in [3.05, 3.63) is 132 Å². The van der Waals surface area contributed by atoms with Gasteiger partial charge in [-0.2, -0.15) is 0 Å². The highest BCUT2D eigenvalue weighted by Crippen LogP contribution is 2.35. The number of carbonyl (C=O) groups is 3. The molecule has 4 N–H and O–H groups in total. The molecule has 2 fully saturated rings. The average molecular weight is 761 g/mol. The highest BCUT2D eigenvalue weighted by atomic mass is 16.8. The van der Waals surface area contributed by atoms with Crippen LogP contribution >= 0.6 is 0 Å². The molecule has 0 aromatic heterocycles. The van der Waals surface area contributed by atoms with Crippen LogP contribution in [0.1, 0.15) is 31.1 Å². The summed E-state index contributed by atoms with van der Waals surface area (Å²) in [6.45, 7) is -1.57. The Bertz CT molecular complexity index is 1840. The maximum Gasteiger partial charge on any atom is 0.338 e. The molecule has 2 aliphatic heterocycles. The molecule has 4 aromatic carbocycles. The van der Waals surface area contributed by atoms with Crippen molar-refractivity contribution < 1.29 is 72.7 Å². The normalized spacial score (nSPS) is 27.7. The van der Waals surface area contributed by atoms with Crippen LogP contribution in [0.4, 0.5) is 0 Å². The Morgan fingerprint density at radius 2 is 0.909 bits per heavy atom. The van der Waals surface area contributed by atoms with Crippen LogP contribution in [-0.4, -0.2) is 120 Å². The predicted molar refractivity (Wildman–Crippen MR) is 189 cm³/mol. The van der Waals surface area contributed by atoms with Crippen LogP contribution in [0.5, 0.6) is 11.5 Å². The molecular weight excluding hydrogens is 720 g/mol. The minimum atomic E-state index is -1.82. The molecule has 0 bridgehead atoms. The number of methoxy groups -OCH3 is 1. The van der Waals surface area contributed by atoms with E-state index in [4.69, 9.17) is 37.9 Å². The molecule has 10 atom stereocenters. The molecule has 0 radical (unpaired) electrons. The van der Waals surface area contributed by atoms with Crippen LogP contribution in [0.15, 0.2) is 115 Å². The number of hydrogen-bond donors (Lipinski definition) is 4. The Hall–Kier alpha value is -5.39. The molecule has 0 amide bonds. The van der Waals surface area contributed by atoms with E-state index in [0.29, 0.717) is 5.75 Å². The maximum absolute atomic E-state index is 13.5. The molecule has 0 unspecified atom stereocenters. The third-order valence-corrected chi connectivity index (χ3v) is 8.96. The van der Waals surface area contributed by atoms with Gasteiger partial charge in [-0.05, 0) is 60.7 Å². The first kappa shape index (κ1) is 39.3. The van der Waals surface area contributed by atoms with Crippen LogP contribution in [0, 0.1) is 0 Å². The van der Waals surface area contributed by atoms with Crippen LogP contribution in [0.25, 0.3) is 0 Å². The van der Waals surface area contributed by atoms with Gasteiger partial charge in [-0.1, -0.05) is 54.6 Å². The molecule has 15 heteroatoms. The zero-order valence-electron chi connectivity index (χ0n) is 29.4. The van der Waals surface area contributed by atoms with Gasteiger partial charge in [-0.25, -0.2) is 14.4 Å². The number of hydrogen-bond acceptors (Lipinski definition) is 15. The van der Waals surface area contributed by atoms with Gasteiger partial charge in [0.05, 0.1) is 37.0 Å². The Morgan fingerprint density at radius 1 is 0.527 bits per heavy atom. The molecule has 0 spiro atoms. The summed E-state index contributed by atoms with van der Waals surface area (Å²) in [5.74, 6) is -1.96. The van der Waals surface area contributed by atoms with Crippen LogP contribution in [0.3, 0.4) is 0 Å². The Morgan fingerprint density at radius 3 is 1.35 bits per heavy atom. The summed E-state index contributed by atoms with van der Waals surface area (Å²) in [4.78, 5) is 40.4. The SMILES string of the molecule is COc1ccc(O[C@@H]2O[C@H](CO)[C@H](O)[C@H](O[C@@H]3O[C@H](CO)[C@H](O)[C@H](OC(=O)c4ccccc4)[C@H]3OC(=O)c3ccccc3)[C@H]2OC(=O)c2ccccc2)cc1. The molecule has 0 aliphatic carbocycles. The van der Waals surface area contributed by atoms with E-state index in [0.717, 1.165) is 0 Å². The van der Waals surface area contributed by atoms with E-state index in [1.54, 1.807) is 78.9 Å². The first-order valence-electron chi connectivity index (χ1n) is 17.3. The fraction of sp³-hybridized carbons (Fsp3) is 0.325. The van der Waals surface area contributed by atoms with Gasteiger partial charge in [0.1, 0.15) is 42.0 Å². The molecule has 0 saturated carbocycles. The number of carbonyl (C=O) groups excluding carboxylic acids is 3. The lowest BCUT2D eigenvalue weighted by Crippen LogP contribution is -2.66. The molecular formula is C40H40O15. The minimum Gasteiger partial charge on any atom is -0.497 e. The summed E-state index contributed by atoms with van der Waals surface area (Å²) in [7, 11) is 1.49. The minimum absolute atomic E-state index is 0.0854. The second-order valence-corrected chi connectivity index (χ2v) is 12.5. The van der Waals surface area contributed by atoms with Crippen molar-refractivity contribution in [2.45, 2.75) is 61.4 Å². The lowest BCUT2D eigenvalue weighted by atomic mass is 9.96. The van der Waals surface area contributed by atoms with Crippen molar-refractivity contribution in [1.82, 2.24) is 0 Å². The first-order valence-corrected chi connectivity index (χ1v) is 17.3. The molecule has 2 aliphatic rings. The molecule has 2 heterocycles. The molecule has 6 rings (SSSR count). The highest BCUT2D eigenvalue weighted by Gasteiger charge is 2.56. The topological polar surface area (TPSA) is 206 Å². The van der Waals surface area contributed by atoms with E-state index in [9.17, 15) is 34.8 Å². The average Bonchev–Trinajstić information content (AvgIpc) is 3.23. The van der Waals surface area contributed by atoms with E-state index < -0.39 is 92.5 Å². The lowest BCUT2D eigenvalue weighted by Gasteiger charge is -2.47. The van der Waals surface area contributed by atoms with E-state index in [1.807, 2.05) is 0 Å². The Kier molecular flexibility index (Phi) is 13.1. The number of benzene rings is 4. The van der Waals surface area contributed by atoms with Gasteiger partial charge in [-0.15, -0.1) is 0 Å². The Labute approximate surface area is 315 Å². The lowest BCUT2D eigenvalue weighted by molar-refractivity contribution is -0.350. The number of rotatable bonds is 13. The van der Waals surface area contributed by atoms with Crippen molar-refractivity contribution >= 4 is 17.9 Å². The highest BCUT2D eigenvalue weighted by molar-refractivity contribution is 5.90. The zero-order chi connectivity index (χ0) is 38.9. The van der Waals surface area contributed by atoms with Crippen molar-refractivity contribution in [3.8, 4) is 11.5 Å². The number of esters is 3. The monoisotopic (exact) mass is 760 g/mol. The third-order valence-electron chi connectivity index (χ3n) is 8.96. The maximum atomic E-state index is 13.5. The summed E-state index contributed by atoms with van der Waals surface area (Å²) in [6, 6.07) is 29.8. The van der Waals surface area contributed by atoms with E-state index >= 15 is 0 Å². The van der Waals surface area contributed by atoms with Gasteiger partial charge in [0.25, 0.3) is 0 Å².